The van der Waals surface area contributed by atoms with Gasteiger partial charge >= 0.3 is 0 Å². The molecule has 0 unspecified atom stereocenters. The van der Waals surface area contributed by atoms with Gasteiger partial charge in [-0.2, -0.15) is 0 Å². The van der Waals surface area contributed by atoms with Crippen molar-refractivity contribution in [2.45, 2.75) is 13.3 Å². The van der Waals surface area contributed by atoms with E-state index in [2.05, 4.69) is 4.74 Å². The fourth-order valence-electron chi connectivity index (χ4n) is 0.311. The van der Waals surface area contributed by atoms with E-state index in [0.717, 1.165) is 13.0 Å². The van der Waals surface area contributed by atoms with Crippen LogP contribution in [0.5, 0.6) is 0 Å². The summed E-state index contributed by atoms with van der Waals surface area (Å²) in [5.41, 5.74) is 0. The van der Waals surface area contributed by atoms with Crippen molar-refractivity contribution >= 4 is 0 Å². The first-order chi connectivity index (χ1) is 4.83. The predicted octanol–water partition coefficient (Wildman–Crippen LogP) is 0.668. The summed E-state index contributed by atoms with van der Waals surface area (Å²) in [5.74, 6) is 0. The summed E-state index contributed by atoms with van der Waals surface area (Å²) in [4.78, 5) is 0. The Morgan fingerprint density at radius 3 is 2.00 bits per heavy atom. The summed E-state index contributed by atoms with van der Waals surface area (Å²) in [6.07, 6.45) is 1.03. The van der Waals surface area contributed by atoms with Crippen LogP contribution in [0.15, 0.2) is 0 Å². The molecule has 64 valence electrons. The quantitative estimate of drug-likeness (QED) is 0.598. The van der Waals surface area contributed by atoms with Crippen LogP contribution in [0, 0.1) is 0 Å². The van der Waals surface area contributed by atoms with Crippen LogP contribution in [-0.4, -0.2) is 39.1 Å². The van der Waals surface area contributed by atoms with E-state index in [-0.39, 0.29) is 6.61 Å². The number of methoxy groups -OCH3 is 1. The molecule has 0 amide bonds. The minimum absolute atomic E-state index is 0.139. The van der Waals surface area contributed by atoms with Gasteiger partial charge in [0.1, 0.15) is 0 Å². The number of ether oxygens (including phenoxy) is 2. The molecule has 0 rings (SSSR count). The molecule has 0 spiro atoms. The van der Waals surface area contributed by atoms with E-state index in [1.54, 1.807) is 14.2 Å². The van der Waals surface area contributed by atoms with Gasteiger partial charge in [-0.3, -0.25) is 0 Å². The Hall–Kier alpha value is -0.120. The Morgan fingerprint density at radius 1 is 1.20 bits per heavy atom. The molecule has 0 radical (unpaired) electrons. The van der Waals surface area contributed by atoms with E-state index >= 15 is 0 Å². The summed E-state index contributed by atoms with van der Waals surface area (Å²) in [7, 11) is 3.25. The molecule has 0 aliphatic carbocycles. The molecule has 0 saturated heterocycles. The smallest absolute Gasteiger partial charge is 0.0697 e. The third-order valence-electron chi connectivity index (χ3n) is 0.584. The van der Waals surface area contributed by atoms with Crippen molar-refractivity contribution in [3.8, 4) is 0 Å². The molecule has 1 N–H and O–H groups in total. The van der Waals surface area contributed by atoms with Gasteiger partial charge in [-0.1, -0.05) is 6.92 Å². The average molecular weight is 150 g/mol. The molecule has 0 bridgehead atoms. The van der Waals surface area contributed by atoms with E-state index in [1.807, 2.05) is 6.92 Å². The number of aliphatic hydroxyl groups is 1. The summed E-state index contributed by atoms with van der Waals surface area (Å²) in [6, 6.07) is 0. The lowest BCUT2D eigenvalue weighted by molar-refractivity contribution is 0.0928. The van der Waals surface area contributed by atoms with Crippen LogP contribution in [-0.2, 0) is 9.47 Å². The number of aliphatic hydroxyl groups excluding tert-OH is 1. The van der Waals surface area contributed by atoms with Gasteiger partial charge in [0.05, 0.1) is 13.2 Å². The van der Waals surface area contributed by atoms with Crippen molar-refractivity contribution < 1.29 is 14.6 Å². The molecular weight excluding hydrogens is 132 g/mol. The first-order valence-corrected chi connectivity index (χ1v) is 3.42. The maximum Gasteiger partial charge on any atom is 0.0697 e. The second-order valence-electron chi connectivity index (χ2n) is 1.74. The van der Waals surface area contributed by atoms with E-state index in [4.69, 9.17) is 9.84 Å². The first-order valence-electron chi connectivity index (χ1n) is 3.42. The minimum Gasteiger partial charge on any atom is -0.394 e. The fourth-order valence-corrected chi connectivity index (χ4v) is 0.311. The lowest BCUT2D eigenvalue weighted by Crippen LogP contribution is -1.98. The lowest BCUT2D eigenvalue weighted by Gasteiger charge is -1.94. The highest BCUT2D eigenvalue weighted by molar-refractivity contribution is 4.24. The molecule has 10 heavy (non-hydrogen) atoms. The molecule has 0 aliphatic rings. The van der Waals surface area contributed by atoms with Crippen molar-refractivity contribution in [3.63, 3.8) is 0 Å². The normalized spacial score (nSPS) is 8.40. The Balaban J connectivity index is 0. The Labute approximate surface area is 63.0 Å². The molecule has 0 heterocycles. The molecule has 0 aromatic carbocycles. The topological polar surface area (TPSA) is 38.7 Å². The SMILES string of the molecule is CCCOCCO.COC. The third kappa shape index (κ3) is 24.8. The summed E-state index contributed by atoms with van der Waals surface area (Å²) >= 11 is 0. The minimum atomic E-state index is 0.139. The summed E-state index contributed by atoms with van der Waals surface area (Å²) in [5, 5.41) is 8.17. The van der Waals surface area contributed by atoms with Crippen LogP contribution in [0.25, 0.3) is 0 Å². The average Bonchev–Trinajstić information content (AvgIpc) is 1.91. The van der Waals surface area contributed by atoms with E-state index in [0.29, 0.717) is 6.61 Å². The van der Waals surface area contributed by atoms with Crippen molar-refractivity contribution in [2.24, 2.45) is 0 Å². The molecule has 0 aromatic heterocycles. The van der Waals surface area contributed by atoms with Crippen LogP contribution >= 0.6 is 0 Å². The molecule has 0 aliphatic heterocycles. The highest BCUT2D eigenvalue weighted by Gasteiger charge is 1.78. The Kier molecular flexibility index (Phi) is 20.0. The van der Waals surface area contributed by atoms with Gasteiger partial charge in [-0.05, 0) is 6.42 Å². The molecule has 0 fully saturated rings. The number of hydrogen-bond acceptors (Lipinski definition) is 3. The Morgan fingerprint density at radius 2 is 1.70 bits per heavy atom. The zero-order chi connectivity index (χ0) is 8.24. The van der Waals surface area contributed by atoms with Gasteiger partial charge in [0.15, 0.2) is 0 Å². The van der Waals surface area contributed by atoms with Crippen LogP contribution < -0.4 is 0 Å². The van der Waals surface area contributed by atoms with Crippen LogP contribution in [0.2, 0.25) is 0 Å². The van der Waals surface area contributed by atoms with Crippen molar-refractivity contribution in [3.05, 3.63) is 0 Å². The predicted molar refractivity (Wildman–Crippen MR) is 41.1 cm³/mol. The maximum atomic E-state index is 8.17. The number of hydrogen-bond donors (Lipinski definition) is 1. The van der Waals surface area contributed by atoms with Gasteiger partial charge in [0, 0.05) is 20.8 Å². The summed E-state index contributed by atoms with van der Waals surface area (Å²) < 4.78 is 9.13. The van der Waals surface area contributed by atoms with E-state index in [1.165, 1.54) is 0 Å². The lowest BCUT2D eigenvalue weighted by atomic mass is 10.5. The van der Waals surface area contributed by atoms with Gasteiger partial charge in [-0.25, -0.2) is 0 Å². The van der Waals surface area contributed by atoms with Crippen LogP contribution in [0.4, 0.5) is 0 Å². The number of rotatable bonds is 4. The molecular formula is C7H18O3. The van der Waals surface area contributed by atoms with E-state index in [9.17, 15) is 0 Å². The second-order valence-corrected chi connectivity index (χ2v) is 1.74. The van der Waals surface area contributed by atoms with Gasteiger partial charge in [-0.15, -0.1) is 0 Å². The standard InChI is InChI=1S/C5H12O2.C2H6O/c1-2-4-7-5-3-6;1-3-2/h6H,2-5H2,1H3;1-2H3. The molecule has 3 heteroatoms. The van der Waals surface area contributed by atoms with Gasteiger partial charge in [0.25, 0.3) is 0 Å². The van der Waals surface area contributed by atoms with Crippen LogP contribution in [0.3, 0.4) is 0 Å². The molecule has 0 atom stereocenters. The maximum absolute atomic E-state index is 8.17. The fraction of sp³-hybridized carbons (Fsp3) is 1.00. The van der Waals surface area contributed by atoms with E-state index < -0.39 is 0 Å². The Bertz CT molecular complexity index is 35.8. The second kappa shape index (κ2) is 15.9. The van der Waals surface area contributed by atoms with Crippen LogP contribution in [0.1, 0.15) is 13.3 Å². The third-order valence-corrected chi connectivity index (χ3v) is 0.584. The van der Waals surface area contributed by atoms with Crippen molar-refractivity contribution in [1.82, 2.24) is 0 Å². The molecule has 0 saturated carbocycles. The van der Waals surface area contributed by atoms with Gasteiger partial charge < -0.3 is 14.6 Å². The monoisotopic (exact) mass is 150 g/mol. The molecule has 0 aromatic rings. The zero-order valence-corrected chi connectivity index (χ0v) is 7.09. The highest BCUT2D eigenvalue weighted by Crippen LogP contribution is 1.76. The van der Waals surface area contributed by atoms with Gasteiger partial charge in [0.2, 0.25) is 0 Å². The zero-order valence-electron chi connectivity index (χ0n) is 7.09. The highest BCUT2D eigenvalue weighted by atomic mass is 16.5. The summed E-state index contributed by atoms with van der Waals surface area (Å²) in [6.45, 7) is 3.42. The van der Waals surface area contributed by atoms with Crippen molar-refractivity contribution in [1.29, 1.82) is 0 Å². The molecule has 3 nitrogen and oxygen atoms in total. The first kappa shape index (κ1) is 12.5. The van der Waals surface area contributed by atoms with Crippen molar-refractivity contribution in [2.75, 3.05) is 34.0 Å². The largest absolute Gasteiger partial charge is 0.394 e.